The quantitative estimate of drug-likeness (QED) is 0.395. The van der Waals surface area contributed by atoms with Gasteiger partial charge in [-0.25, -0.2) is 4.39 Å². The number of pyridine rings is 1. The molecule has 1 aromatic heterocycles. The van der Waals surface area contributed by atoms with Gasteiger partial charge >= 0.3 is 0 Å². The van der Waals surface area contributed by atoms with Gasteiger partial charge in [0.25, 0.3) is 5.91 Å². The molecular weight excluding hydrogens is 437 g/mol. The van der Waals surface area contributed by atoms with Crippen molar-refractivity contribution in [1.29, 1.82) is 0 Å². The normalized spacial score (nSPS) is 21.8. The lowest BCUT2D eigenvalue weighted by Gasteiger charge is -2.39. The van der Waals surface area contributed by atoms with E-state index in [2.05, 4.69) is 27.3 Å². The molecule has 0 spiro atoms. The highest BCUT2D eigenvalue weighted by Crippen LogP contribution is 2.37. The minimum Gasteiger partial charge on any atom is -0.349 e. The molecule has 3 heterocycles. The molecule has 2 fully saturated rings. The van der Waals surface area contributed by atoms with Gasteiger partial charge in [-0.05, 0) is 78.4 Å². The second kappa shape index (κ2) is 9.23. The fourth-order valence-electron chi connectivity index (χ4n) is 5.92. The van der Waals surface area contributed by atoms with Crippen molar-refractivity contribution in [2.45, 2.75) is 50.4 Å². The van der Waals surface area contributed by atoms with Crippen LogP contribution in [0.3, 0.4) is 0 Å². The van der Waals surface area contributed by atoms with Crippen molar-refractivity contribution in [3.8, 4) is 11.3 Å². The zero-order valence-electron chi connectivity index (χ0n) is 19.5. The average molecular weight is 466 g/mol. The molecule has 176 valence electrons. The minimum absolute atomic E-state index is 0.0223. The Morgan fingerprint density at radius 3 is 2.46 bits per heavy atom. The third-order valence-electron chi connectivity index (χ3n) is 7.56. The standard InChI is InChI=1S/C30H28FN3O/c31-23-11-10-21-15-20(8-9-22(21)16-23)19-34-25-12-13-26(34)18-24(17-25)33-30(35)28-6-2-1-5-27(28)29-7-3-4-14-32-29/h1-11,14-16,24-26H,12-13,17-19H2,(H,33,35)/t25-,26-/m1/s1. The number of nitrogens with one attached hydrogen (secondary N) is 1. The molecule has 0 saturated carbocycles. The van der Waals surface area contributed by atoms with Gasteiger partial charge in [-0.1, -0.05) is 42.5 Å². The lowest BCUT2D eigenvalue weighted by Crippen LogP contribution is -2.50. The molecule has 0 radical (unpaired) electrons. The lowest BCUT2D eigenvalue weighted by atomic mass is 9.95. The highest BCUT2D eigenvalue weighted by atomic mass is 19.1. The summed E-state index contributed by atoms with van der Waals surface area (Å²) in [7, 11) is 0. The number of halogens is 1. The summed E-state index contributed by atoms with van der Waals surface area (Å²) in [5.41, 5.74) is 3.61. The molecule has 1 N–H and O–H groups in total. The summed E-state index contributed by atoms with van der Waals surface area (Å²) >= 11 is 0. The van der Waals surface area contributed by atoms with Gasteiger partial charge in [0.2, 0.25) is 0 Å². The number of carbonyl (C=O) groups excluding carboxylic acids is 1. The van der Waals surface area contributed by atoms with Crippen LogP contribution in [-0.4, -0.2) is 33.9 Å². The third-order valence-corrected chi connectivity index (χ3v) is 7.56. The van der Waals surface area contributed by atoms with E-state index in [9.17, 15) is 9.18 Å². The number of hydrogen-bond acceptors (Lipinski definition) is 3. The summed E-state index contributed by atoms with van der Waals surface area (Å²) in [6.45, 7) is 0.895. The maximum absolute atomic E-state index is 13.5. The molecule has 2 bridgehead atoms. The average Bonchev–Trinajstić information content (AvgIpc) is 3.11. The Balaban J connectivity index is 1.14. The van der Waals surface area contributed by atoms with E-state index in [1.54, 1.807) is 12.3 Å². The van der Waals surface area contributed by atoms with Gasteiger partial charge < -0.3 is 5.32 Å². The van der Waals surface area contributed by atoms with Crippen LogP contribution < -0.4 is 5.32 Å². The predicted octanol–water partition coefficient (Wildman–Crippen LogP) is 5.97. The van der Waals surface area contributed by atoms with Gasteiger partial charge in [-0.3, -0.25) is 14.7 Å². The maximum Gasteiger partial charge on any atom is 0.252 e. The molecule has 1 amide bonds. The largest absolute Gasteiger partial charge is 0.349 e. The number of piperidine rings is 1. The number of hydrogen-bond donors (Lipinski definition) is 1. The number of benzene rings is 3. The van der Waals surface area contributed by atoms with Gasteiger partial charge in [0.15, 0.2) is 0 Å². The summed E-state index contributed by atoms with van der Waals surface area (Å²) in [5, 5.41) is 5.34. The van der Waals surface area contributed by atoms with Crippen LogP contribution in [0.15, 0.2) is 85.1 Å². The Labute approximate surface area is 204 Å². The third kappa shape index (κ3) is 4.44. The van der Waals surface area contributed by atoms with Crippen molar-refractivity contribution in [3.63, 3.8) is 0 Å². The number of fused-ring (bicyclic) bond motifs is 3. The van der Waals surface area contributed by atoms with Gasteiger partial charge in [0, 0.05) is 42.0 Å². The van der Waals surface area contributed by atoms with Gasteiger partial charge in [0.1, 0.15) is 5.82 Å². The molecule has 35 heavy (non-hydrogen) atoms. The van der Waals surface area contributed by atoms with Gasteiger partial charge in [-0.2, -0.15) is 0 Å². The van der Waals surface area contributed by atoms with E-state index in [4.69, 9.17) is 0 Å². The molecule has 6 rings (SSSR count). The molecule has 0 aliphatic carbocycles. The maximum atomic E-state index is 13.5. The second-order valence-electron chi connectivity index (χ2n) is 9.79. The van der Waals surface area contributed by atoms with E-state index in [0.29, 0.717) is 17.6 Å². The number of amides is 1. The van der Waals surface area contributed by atoms with Crippen LogP contribution in [0.25, 0.3) is 22.0 Å². The van der Waals surface area contributed by atoms with Crippen molar-refractivity contribution >= 4 is 16.7 Å². The zero-order valence-corrected chi connectivity index (χ0v) is 19.5. The molecule has 2 aliphatic heterocycles. The van der Waals surface area contributed by atoms with Crippen LogP contribution in [-0.2, 0) is 6.54 Å². The summed E-state index contributed by atoms with van der Waals surface area (Å²) in [5.74, 6) is -0.221. The Morgan fingerprint density at radius 1 is 0.914 bits per heavy atom. The molecule has 0 unspecified atom stereocenters. The van der Waals surface area contributed by atoms with Crippen molar-refractivity contribution in [2.24, 2.45) is 0 Å². The van der Waals surface area contributed by atoms with E-state index in [1.165, 1.54) is 24.5 Å². The van der Waals surface area contributed by atoms with E-state index in [1.807, 2.05) is 54.6 Å². The Hall–Kier alpha value is -3.57. The summed E-state index contributed by atoms with van der Waals surface area (Å²) in [6.07, 6.45) is 6.02. The Kier molecular flexibility index (Phi) is 5.78. The SMILES string of the molecule is O=C(NC1C[C@H]2CC[C@H](C1)N2Cc1ccc2cc(F)ccc2c1)c1ccccc1-c1ccccn1. The predicted molar refractivity (Wildman–Crippen MR) is 136 cm³/mol. The minimum atomic E-state index is -0.199. The first kappa shape index (κ1) is 21.9. The van der Waals surface area contributed by atoms with E-state index < -0.39 is 0 Å². The van der Waals surface area contributed by atoms with Crippen LogP contribution in [0.4, 0.5) is 4.39 Å². The van der Waals surface area contributed by atoms with Crippen LogP contribution >= 0.6 is 0 Å². The van der Waals surface area contributed by atoms with E-state index in [-0.39, 0.29) is 17.8 Å². The molecule has 3 aromatic carbocycles. The van der Waals surface area contributed by atoms with Crippen molar-refractivity contribution in [2.75, 3.05) is 0 Å². The van der Waals surface area contributed by atoms with Crippen molar-refractivity contribution in [3.05, 3.63) is 102 Å². The fraction of sp³-hybridized carbons (Fsp3) is 0.267. The van der Waals surface area contributed by atoms with Crippen molar-refractivity contribution in [1.82, 2.24) is 15.2 Å². The molecule has 5 heteroatoms. The first-order valence-electron chi connectivity index (χ1n) is 12.4. The van der Waals surface area contributed by atoms with E-state index in [0.717, 1.165) is 41.4 Å². The van der Waals surface area contributed by atoms with Crippen molar-refractivity contribution < 1.29 is 9.18 Å². The van der Waals surface area contributed by atoms with Crippen LogP contribution in [0.2, 0.25) is 0 Å². The summed E-state index contributed by atoms with van der Waals surface area (Å²) < 4.78 is 13.5. The van der Waals surface area contributed by atoms with Gasteiger partial charge in [-0.15, -0.1) is 0 Å². The zero-order chi connectivity index (χ0) is 23.8. The smallest absolute Gasteiger partial charge is 0.252 e. The molecule has 2 aliphatic rings. The van der Waals surface area contributed by atoms with Gasteiger partial charge in [0.05, 0.1) is 5.69 Å². The number of aromatic nitrogens is 1. The van der Waals surface area contributed by atoms with E-state index >= 15 is 0 Å². The second-order valence-corrected chi connectivity index (χ2v) is 9.79. The first-order chi connectivity index (χ1) is 17.1. The molecule has 4 nitrogen and oxygen atoms in total. The molecule has 2 atom stereocenters. The van der Waals surface area contributed by atoms with Crippen LogP contribution in [0.5, 0.6) is 0 Å². The molecule has 4 aromatic rings. The molecule has 2 saturated heterocycles. The number of nitrogens with zero attached hydrogens (tertiary/aromatic N) is 2. The highest BCUT2D eigenvalue weighted by Gasteiger charge is 2.41. The van der Waals surface area contributed by atoms with Crippen LogP contribution in [0.1, 0.15) is 41.6 Å². The lowest BCUT2D eigenvalue weighted by molar-refractivity contribution is 0.0828. The number of rotatable bonds is 5. The molecular formula is C30H28FN3O. The summed E-state index contributed by atoms with van der Waals surface area (Å²) in [4.78, 5) is 20.3. The monoisotopic (exact) mass is 465 g/mol. The highest BCUT2D eigenvalue weighted by molar-refractivity contribution is 6.00. The Morgan fingerprint density at radius 2 is 1.66 bits per heavy atom. The number of carbonyl (C=O) groups is 1. The summed E-state index contributed by atoms with van der Waals surface area (Å²) in [6, 6.07) is 25.8. The topological polar surface area (TPSA) is 45.2 Å². The fourth-order valence-corrected chi connectivity index (χ4v) is 5.92. The van der Waals surface area contributed by atoms with Crippen LogP contribution in [0, 0.1) is 5.82 Å². The Bertz CT molecular complexity index is 1360. The first-order valence-corrected chi connectivity index (χ1v) is 12.4.